The van der Waals surface area contributed by atoms with Crippen molar-refractivity contribution in [1.82, 2.24) is 4.90 Å². The van der Waals surface area contributed by atoms with Gasteiger partial charge in [0.05, 0.1) is 12.7 Å². The Balaban J connectivity index is 2.66. The van der Waals surface area contributed by atoms with E-state index in [0.717, 1.165) is 6.54 Å². The number of nitrogens with zero attached hydrogens (tertiary/aromatic N) is 1. The van der Waals surface area contributed by atoms with Gasteiger partial charge in [-0.25, -0.2) is 4.79 Å². The number of esters is 1. The Labute approximate surface area is 110 Å². The number of hydrogen-bond acceptors (Lipinski definition) is 3. The average molecular weight is 249 g/mol. The van der Waals surface area contributed by atoms with Gasteiger partial charge in [-0.05, 0) is 37.6 Å². The molecule has 1 rings (SSSR count). The van der Waals surface area contributed by atoms with Crippen molar-refractivity contribution in [1.29, 1.82) is 0 Å². The van der Waals surface area contributed by atoms with Crippen LogP contribution in [0.1, 0.15) is 36.7 Å². The highest BCUT2D eigenvalue weighted by Crippen LogP contribution is 2.13. The maximum atomic E-state index is 11.3. The van der Waals surface area contributed by atoms with Crippen LogP contribution >= 0.6 is 0 Å². The van der Waals surface area contributed by atoms with Gasteiger partial charge in [-0.1, -0.05) is 26.0 Å². The Bertz CT molecular complexity index is 384. The molecule has 0 heterocycles. The van der Waals surface area contributed by atoms with Crippen LogP contribution in [0.25, 0.3) is 0 Å². The van der Waals surface area contributed by atoms with Gasteiger partial charge in [0.2, 0.25) is 0 Å². The number of carbonyl (C=O) groups excluding carboxylic acids is 1. The summed E-state index contributed by atoms with van der Waals surface area (Å²) in [5.41, 5.74) is 1.80. The van der Waals surface area contributed by atoms with Gasteiger partial charge in [0, 0.05) is 12.6 Å². The summed E-state index contributed by atoms with van der Waals surface area (Å²) >= 11 is 0. The molecule has 0 bridgehead atoms. The summed E-state index contributed by atoms with van der Waals surface area (Å²) in [7, 11) is 3.52. The highest BCUT2D eigenvalue weighted by molar-refractivity contribution is 5.89. The highest BCUT2D eigenvalue weighted by Gasteiger charge is 2.13. The highest BCUT2D eigenvalue weighted by atomic mass is 16.5. The molecule has 1 atom stereocenters. The summed E-state index contributed by atoms with van der Waals surface area (Å²) in [6.07, 6.45) is 0. The van der Waals surface area contributed by atoms with Crippen LogP contribution in [0.4, 0.5) is 0 Å². The van der Waals surface area contributed by atoms with E-state index in [0.29, 0.717) is 17.5 Å². The lowest BCUT2D eigenvalue weighted by Gasteiger charge is -2.27. The molecule has 0 aliphatic heterocycles. The van der Waals surface area contributed by atoms with Crippen molar-refractivity contribution in [3.8, 4) is 0 Å². The minimum atomic E-state index is -0.287. The monoisotopic (exact) mass is 249 g/mol. The van der Waals surface area contributed by atoms with Crippen molar-refractivity contribution in [3.05, 3.63) is 35.4 Å². The van der Waals surface area contributed by atoms with Crippen molar-refractivity contribution < 1.29 is 9.53 Å². The molecule has 1 aromatic rings. The Morgan fingerprint density at radius 3 is 2.22 bits per heavy atom. The van der Waals surface area contributed by atoms with E-state index in [1.807, 2.05) is 24.3 Å². The molecular formula is C15H23NO2. The molecule has 0 radical (unpaired) electrons. The van der Waals surface area contributed by atoms with Crippen LogP contribution in [-0.2, 0) is 11.3 Å². The largest absolute Gasteiger partial charge is 0.465 e. The molecule has 1 unspecified atom stereocenters. The fraction of sp³-hybridized carbons (Fsp3) is 0.533. The fourth-order valence-corrected chi connectivity index (χ4v) is 1.81. The van der Waals surface area contributed by atoms with Gasteiger partial charge >= 0.3 is 5.97 Å². The van der Waals surface area contributed by atoms with Gasteiger partial charge in [0.15, 0.2) is 0 Å². The molecule has 0 amide bonds. The average Bonchev–Trinajstić information content (AvgIpc) is 2.37. The normalized spacial score (nSPS) is 12.8. The quantitative estimate of drug-likeness (QED) is 0.751. The number of methoxy groups -OCH3 is 1. The molecule has 1 aromatic carbocycles. The summed E-state index contributed by atoms with van der Waals surface area (Å²) in [4.78, 5) is 13.6. The number of hydrogen-bond donors (Lipinski definition) is 0. The van der Waals surface area contributed by atoms with Gasteiger partial charge in [0.1, 0.15) is 0 Å². The molecule has 3 heteroatoms. The summed E-state index contributed by atoms with van der Waals surface area (Å²) < 4.78 is 4.68. The standard InChI is InChI=1S/C15H23NO2/c1-11(2)12(3)16(4)10-13-6-8-14(9-7-13)15(17)18-5/h6-9,11-12H,10H2,1-5H3. The Hall–Kier alpha value is -1.35. The zero-order valence-corrected chi connectivity index (χ0v) is 11.9. The van der Waals surface area contributed by atoms with E-state index in [2.05, 4.69) is 37.5 Å². The van der Waals surface area contributed by atoms with Gasteiger partial charge in [-0.15, -0.1) is 0 Å². The molecule has 0 aliphatic carbocycles. The van der Waals surface area contributed by atoms with Crippen molar-refractivity contribution in [3.63, 3.8) is 0 Å². The minimum absolute atomic E-state index is 0.287. The first-order valence-electron chi connectivity index (χ1n) is 6.33. The number of carbonyl (C=O) groups is 1. The Kier molecular flexibility index (Phi) is 5.35. The Morgan fingerprint density at radius 2 is 1.78 bits per heavy atom. The summed E-state index contributed by atoms with van der Waals surface area (Å²) in [6.45, 7) is 7.57. The van der Waals surface area contributed by atoms with E-state index >= 15 is 0 Å². The molecule has 0 spiro atoms. The molecule has 0 saturated heterocycles. The van der Waals surface area contributed by atoms with Gasteiger partial charge in [-0.3, -0.25) is 4.90 Å². The second-order valence-corrected chi connectivity index (χ2v) is 5.09. The summed E-state index contributed by atoms with van der Waals surface area (Å²) in [6, 6.07) is 8.13. The van der Waals surface area contributed by atoms with Crippen LogP contribution in [-0.4, -0.2) is 31.1 Å². The zero-order chi connectivity index (χ0) is 13.7. The molecule has 0 fully saturated rings. The molecule has 3 nitrogen and oxygen atoms in total. The first kappa shape index (κ1) is 14.7. The van der Waals surface area contributed by atoms with Crippen molar-refractivity contribution >= 4 is 5.97 Å². The van der Waals surface area contributed by atoms with Crippen LogP contribution in [0.3, 0.4) is 0 Å². The molecule has 0 aromatic heterocycles. The molecular weight excluding hydrogens is 226 g/mol. The predicted octanol–water partition coefficient (Wildman–Crippen LogP) is 2.95. The van der Waals surface area contributed by atoms with Gasteiger partial charge in [0.25, 0.3) is 0 Å². The lowest BCUT2D eigenvalue weighted by molar-refractivity contribution is 0.0600. The maximum Gasteiger partial charge on any atom is 0.337 e. The zero-order valence-electron chi connectivity index (χ0n) is 11.9. The third-order valence-electron chi connectivity index (χ3n) is 3.47. The lowest BCUT2D eigenvalue weighted by atomic mass is 10.0. The van der Waals surface area contributed by atoms with E-state index in [9.17, 15) is 4.79 Å². The second-order valence-electron chi connectivity index (χ2n) is 5.09. The minimum Gasteiger partial charge on any atom is -0.465 e. The van der Waals surface area contributed by atoms with Gasteiger partial charge in [-0.2, -0.15) is 0 Å². The lowest BCUT2D eigenvalue weighted by Crippen LogP contribution is -2.32. The number of benzene rings is 1. The molecule has 18 heavy (non-hydrogen) atoms. The van der Waals surface area contributed by atoms with Crippen molar-refractivity contribution in [2.75, 3.05) is 14.2 Å². The number of rotatable bonds is 5. The van der Waals surface area contributed by atoms with E-state index in [1.165, 1.54) is 12.7 Å². The molecule has 100 valence electrons. The van der Waals surface area contributed by atoms with Crippen LogP contribution in [0.5, 0.6) is 0 Å². The molecule has 0 aliphatic rings. The van der Waals surface area contributed by atoms with E-state index in [1.54, 1.807) is 0 Å². The van der Waals surface area contributed by atoms with E-state index < -0.39 is 0 Å². The van der Waals surface area contributed by atoms with E-state index in [4.69, 9.17) is 0 Å². The SMILES string of the molecule is COC(=O)c1ccc(CN(C)C(C)C(C)C)cc1. The summed E-state index contributed by atoms with van der Waals surface area (Å²) in [5.74, 6) is 0.342. The molecule has 0 saturated carbocycles. The maximum absolute atomic E-state index is 11.3. The van der Waals surface area contributed by atoms with Crippen LogP contribution in [0.15, 0.2) is 24.3 Å². The first-order chi connectivity index (χ1) is 8.45. The fourth-order valence-electron chi connectivity index (χ4n) is 1.81. The predicted molar refractivity (Wildman–Crippen MR) is 73.5 cm³/mol. The van der Waals surface area contributed by atoms with Crippen LogP contribution < -0.4 is 0 Å². The van der Waals surface area contributed by atoms with Crippen LogP contribution in [0, 0.1) is 5.92 Å². The van der Waals surface area contributed by atoms with Crippen LogP contribution in [0.2, 0.25) is 0 Å². The number of ether oxygens (including phenoxy) is 1. The third kappa shape index (κ3) is 3.84. The molecule has 0 N–H and O–H groups in total. The second kappa shape index (κ2) is 6.55. The summed E-state index contributed by atoms with van der Waals surface area (Å²) in [5, 5.41) is 0. The van der Waals surface area contributed by atoms with E-state index in [-0.39, 0.29) is 5.97 Å². The van der Waals surface area contributed by atoms with Crippen molar-refractivity contribution in [2.45, 2.75) is 33.4 Å². The Morgan fingerprint density at radius 1 is 1.22 bits per heavy atom. The topological polar surface area (TPSA) is 29.5 Å². The van der Waals surface area contributed by atoms with Gasteiger partial charge < -0.3 is 4.74 Å². The third-order valence-corrected chi connectivity index (χ3v) is 3.47. The first-order valence-corrected chi connectivity index (χ1v) is 6.33. The van der Waals surface area contributed by atoms with Crippen molar-refractivity contribution in [2.24, 2.45) is 5.92 Å². The smallest absolute Gasteiger partial charge is 0.337 e.